The molecule has 0 aliphatic carbocycles. The van der Waals surface area contributed by atoms with Crippen LogP contribution in [0.15, 0.2) is 168 Å². The van der Waals surface area contributed by atoms with E-state index in [1.807, 2.05) is 60.7 Å². The number of hydrogen-bond acceptors (Lipinski definition) is 8. The second-order valence-corrected chi connectivity index (χ2v) is 14.2. The zero-order valence-corrected chi connectivity index (χ0v) is 32.6. The Morgan fingerprint density at radius 3 is 0.947 bits per heavy atom. The molecule has 0 saturated heterocycles. The summed E-state index contributed by atoms with van der Waals surface area (Å²) >= 11 is 0. The maximum absolute atomic E-state index is 7.28. The molecule has 2 aliphatic heterocycles. The van der Waals surface area contributed by atoms with Crippen molar-refractivity contribution in [1.29, 1.82) is 0 Å². The zero-order valence-electron chi connectivity index (χ0n) is 32.6. The quantitative estimate of drug-likeness (QED) is 0.110. The van der Waals surface area contributed by atoms with Crippen molar-refractivity contribution in [1.82, 2.24) is 0 Å². The maximum Gasteiger partial charge on any atom is 0.194 e. The lowest BCUT2D eigenvalue weighted by Crippen LogP contribution is -2.41. The first kappa shape index (κ1) is 37.4. The third-order valence-electron chi connectivity index (χ3n) is 11.0. The van der Waals surface area contributed by atoms with Gasteiger partial charge in [-0.1, -0.05) is 109 Å². The Balaban J connectivity index is 1.24. The lowest BCUT2D eigenvalue weighted by molar-refractivity contribution is 0.0871. The fourth-order valence-corrected chi connectivity index (χ4v) is 8.13. The van der Waals surface area contributed by atoms with Crippen molar-refractivity contribution in [2.24, 2.45) is 9.98 Å². The molecule has 8 nitrogen and oxygen atoms in total. The first-order valence-corrected chi connectivity index (χ1v) is 19.1. The van der Waals surface area contributed by atoms with Crippen molar-refractivity contribution in [3.8, 4) is 23.0 Å². The average Bonchev–Trinajstić information content (AvgIpc) is 3.82. The van der Waals surface area contributed by atoms with Gasteiger partial charge in [-0.25, -0.2) is 9.98 Å². The predicted molar refractivity (Wildman–Crippen MR) is 223 cm³/mol. The van der Waals surface area contributed by atoms with Gasteiger partial charge in [0.25, 0.3) is 0 Å². The van der Waals surface area contributed by atoms with Gasteiger partial charge in [0.05, 0.1) is 34.9 Å². The lowest BCUT2D eigenvalue weighted by atomic mass is 9.78. The molecule has 8 heteroatoms. The van der Waals surface area contributed by atoms with E-state index in [0.717, 1.165) is 56.4 Å². The molecule has 0 unspecified atom stereocenters. The molecule has 2 heterocycles. The van der Waals surface area contributed by atoms with Gasteiger partial charge in [0.15, 0.2) is 23.0 Å². The van der Waals surface area contributed by atoms with Crippen molar-refractivity contribution in [3.05, 3.63) is 191 Å². The fraction of sp³-hybridized carbons (Fsp3) is 0.224. The average molecular weight is 759 g/mol. The van der Waals surface area contributed by atoms with E-state index < -0.39 is 11.2 Å². The van der Waals surface area contributed by atoms with Gasteiger partial charge in [0, 0.05) is 22.3 Å². The Labute approximate surface area is 334 Å². The Hall–Kier alpha value is -6.54. The molecule has 0 N–H and O–H groups in total. The molecule has 57 heavy (non-hydrogen) atoms. The van der Waals surface area contributed by atoms with E-state index in [0.29, 0.717) is 24.6 Å². The summed E-state index contributed by atoms with van der Waals surface area (Å²) < 4.78 is 36.9. The van der Waals surface area contributed by atoms with Gasteiger partial charge in [-0.15, -0.1) is 0 Å². The van der Waals surface area contributed by atoms with Crippen LogP contribution in [0.2, 0.25) is 0 Å². The van der Waals surface area contributed by atoms with Crippen LogP contribution >= 0.6 is 0 Å². The Kier molecular flexibility index (Phi) is 10.7. The SMILES string of the molecule is COc1ccc(C2(c3ccc(OC)cc3)OC(CC3=N[C@H](Cc4ccccc4)C(c4ccc(OC)cc4)(c4ccc(OC)cc4)O3)=N[C@@H]2Cc2ccccc2)cc1. The van der Waals surface area contributed by atoms with Crippen LogP contribution < -0.4 is 18.9 Å². The molecular weight excluding hydrogens is 713 g/mol. The van der Waals surface area contributed by atoms with Crippen LogP contribution in [0.5, 0.6) is 23.0 Å². The number of hydrogen-bond donors (Lipinski definition) is 0. The highest BCUT2D eigenvalue weighted by Gasteiger charge is 2.53. The van der Waals surface area contributed by atoms with Crippen LogP contribution in [-0.4, -0.2) is 52.3 Å². The van der Waals surface area contributed by atoms with Crippen molar-refractivity contribution in [3.63, 3.8) is 0 Å². The molecule has 2 atom stereocenters. The molecule has 0 fully saturated rings. The minimum absolute atomic E-state index is 0.249. The summed E-state index contributed by atoms with van der Waals surface area (Å²) in [5.41, 5.74) is 4.16. The van der Waals surface area contributed by atoms with Gasteiger partial charge in [-0.05, 0) is 72.5 Å². The third-order valence-corrected chi connectivity index (χ3v) is 11.0. The van der Waals surface area contributed by atoms with Crippen LogP contribution in [0.4, 0.5) is 0 Å². The summed E-state index contributed by atoms with van der Waals surface area (Å²) in [5, 5.41) is 0. The first-order valence-electron chi connectivity index (χ1n) is 19.1. The van der Waals surface area contributed by atoms with Crippen LogP contribution in [0.25, 0.3) is 0 Å². The van der Waals surface area contributed by atoms with E-state index in [2.05, 4.69) is 97.1 Å². The van der Waals surface area contributed by atoms with E-state index in [4.69, 9.17) is 38.4 Å². The summed E-state index contributed by atoms with van der Waals surface area (Å²) in [5.74, 6) is 4.12. The largest absolute Gasteiger partial charge is 0.497 e. The van der Waals surface area contributed by atoms with Crippen LogP contribution in [0.3, 0.4) is 0 Å². The molecule has 288 valence electrons. The number of rotatable bonds is 14. The zero-order chi connectivity index (χ0) is 39.2. The van der Waals surface area contributed by atoms with Gasteiger partial charge in [0.1, 0.15) is 35.1 Å². The summed E-state index contributed by atoms with van der Waals surface area (Å²) in [6.45, 7) is 0. The van der Waals surface area contributed by atoms with E-state index in [1.54, 1.807) is 28.4 Å². The highest BCUT2D eigenvalue weighted by atomic mass is 16.5. The Bertz CT molecular complexity index is 2050. The summed E-state index contributed by atoms with van der Waals surface area (Å²) in [6, 6.07) is 52.5. The van der Waals surface area contributed by atoms with Gasteiger partial charge in [0.2, 0.25) is 0 Å². The lowest BCUT2D eigenvalue weighted by Gasteiger charge is -2.36. The molecule has 2 aliphatic rings. The molecule has 0 saturated carbocycles. The maximum atomic E-state index is 7.28. The molecule has 6 aromatic rings. The van der Waals surface area contributed by atoms with Crippen LogP contribution in [-0.2, 0) is 33.5 Å². The van der Waals surface area contributed by atoms with E-state index in [-0.39, 0.29) is 18.5 Å². The first-order chi connectivity index (χ1) is 28.0. The molecular formula is C49H46N2O6. The molecule has 0 aromatic heterocycles. The normalized spacial score (nSPS) is 17.8. The van der Waals surface area contributed by atoms with Crippen molar-refractivity contribution in [2.75, 3.05) is 28.4 Å². The van der Waals surface area contributed by atoms with Gasteiger partial charge in [-0.2, -0.15) is 0 Å². The number of benzene rings is 6. The number of ether oxygens (including phenoxy) is 6. The van der Waals surface area contributed by atoms with Crippen molar-refractivity contribution >= 4 is 11.8 Å². The number of methoxy groups -OCH3 is 4. The van der Waals surface area contributed by atoms with Gasteiger partial charge >= 0.3 is 0 Å². The molecule has 0 radical (unpaired) electrons. The second-order valence-electron chi connectivity index (χ2n) is 14.2. The van der Waals surface area contributed by atoms with Crippen LogP contribution in [0.1, 0.15) is 39.8 Å². The number of nitrogens with zero attached hydrogens (tertiary/aromatic N) is 2. The molecule has 8 rings (SSSR count). The third kappa shape index (κ3) is 7.31. The van der Waals surface area contributed by atoms with Crippen molar-refractivity contribution < 1.29 is 28.4 Å². The Morgan fingerprint density at radius 2 is 0.684 bits per heavy atom. The molecule has 0 spiro atoms. The molecule has 0 amide bonds. The summed E-state index contributed by atoms with van der Waals surface area (Å²) in [7, 11) is 6.69. The van der Waals surface area contributed by atoms with E-state index >= 15 is 0 Å². The number of aliphatic imine (C=N–C) groups is 2. The standard InChI is InChI=1S/C49H46N2O6/c1-52-40-23-15-36(16-24-40)48(37-17-25-41(53-2)26-18-37)44(31-34-11-7-5-8-12-34)50-46(56-48)33-47-51-45(32-35-13-9-6-10-14-35)49(57-47,38-19-27-42(54-3)28-20-38)39-21-29-43(55-4)30-22-39/h5-30,44-45H,31-33H2,1-4H3/t44-,45-/m1/s1. The topological polar surface area (TPSA) is 80.1 Å². The highest BCUT2D eigenvalue weighted by molar-refractivity contribution is 5.99. The van der Waals surface area contributed by atoms with Crippen molar-refractivity contribution in [2.45, 2.75) is 42.5 Å². The fourth-order valence-electron chi connectivity index (χ4n) is 8.13. The minimum Gasteiger partial charge on any atom is -0.497 e. The molecule has 6 aromatic carbocycles. The molecule has 0 bridgehead atoms. The summed E-state index contributed by atoms with van der Waals surface area (Å²) in [4.78, 5) is 10.8. The second kappa shape index (κ2) is 16.3. The van der Waals surface area contributed by atoms with Gasteiger partial charge < -0.3 is 28.4 Å². The van der Waals surface area contributed by atoms with E-state index in [1.165, 1.54) is 0 Å². The predicted octanol–water partition coefficient (Wildman–Crippen LogP) is 9.38. The Morgan fingerprint density at radius 1 is 0.404 bits per heavy atom. The van der Waals surface area contributed by atoms with Crippen LogP contribution in [0, 0.1) is 0 Å². The monoisotopic (exact) mass is 758 g/mol. The minimum atomic E-state index is -0.977. The highest BCUT2D eigenvalue weighted by Crippen LogP contribution is 2.48. The van der Waals surface area contributed by atoms with Gasteiger partial charge in [-0.3, -0.25) is 0 Å². The smallest absolute Gasteiger partial charge is 0.194 e. The summed E-state index contributed by atoms with van der Waals surface area (Å²) in [6.07, 6.45) is 1.51. The van der Waals surface area contributed by atoms with E-state index in [9.17, 15) is 0 Å².